The van der Waals surface area contributed by atoms with E-state index < -0.39 is 12.1 Å². The number of nitrogens with one attached hydrogen (secondary N) is 1. The second-order valence-electron chi connectivity index (χ2n) is 7.57. The molecule has 0 heterocycles. The first-order valence-corrected chi connectivity index (χ1v) is 10.9. The Bertz CT molecular complexity index is 1090. The van der Waals surface area contributed by atoms with Crippen LogP contribution in [0.2, 0.25) is 0 Å². The molecule has 1 N–H and O–H groups in total. The highest BCUT2D eigenvalue weighted by Crippen LogP contribution is 2.17. The van der Waals surface area contributed by atoms with Crippen LogP contribution in [0.3, 0.4) is 0 Å². The highest BCUT2D eigenvalue weighted by atomic mass is 16.5. The Balaban J connectivity index is 1.42. The third kappa shape index (κ3) is 7.48. The summed E-state index contributed by atoms with van der Waals surface area (Å²) < 4.78 is 16.0. The summed E-state index contributed by atoms with van der Waals surface area (Å²) in [5.74, 6) is 0.0360. The summed E-state index contributed by atoms with van der Waals surface area (Å²) in [6.45, 7) is 1.94. The zero-order valence-corrected chi connectivity index (χ0v) is 19.2. The third-order valence-electron chi connectivity index (χ3n) is 4.99. The number of benzene rings is 3. The molecule has 0 fully saturated rings. The van der Waals surface area contributed by atoms with Gasteiger partial charge in [-0.2, -0.15) is 0 Å². The van der Waals surface area contributed by atoms with Crippen molar-refractivity contribution < 1.29 is 28.6 Å². The van der Waals surface area contributed by atoms with Gasteiger partial charge in [0.05, 0.1) is 13.5 Å². The maximum atomic E-state index is 12.6. The zero-order valence-electron chi connectivity index (χ0n) is 19.2. The van der Waals surface area contributed by atoms with Gasteiger partial charge in [0, 0.05) is 17.7 Å². The molecule has 1 atom stereocenters. The molecule has 3 aromatic rings. The lowest BCUT2D eigenvalue weighted by Gasteiger charge is -2.13. The highest BCUT2D eigenvalue weighted by Gasteiger charge is 2.20. The minimum atomic E-state index is -0.965. The van der Waals surface area contributed by atoms with E-state index in [1.54, 1.807) is 55.6 Å². The van der Waals surface area contributed by atoms with Crippen molar-refractivity contribution in [2.75, 3.05) is 12.4 Å². The molecule has 1 amide bonds. The summed E-state index contributed by atoms with van der Waals surface area (Å²) in [4.78, 5) is 36.8. The van der Waals surface area contributed by atoms with Crippen molar-refractivity contribution in [2.45, 2.75) is 32.5 Å². The molecular formula is C27H27NO6. The molecule has 0 bridgehead atoms. The van der Waals surface area contributed by atoms with Gasteiger partial charge in [0.15, 0.2) is 6.10 Å². The van der Waals surface area contributed by atoms with Gasteiger partial charge in [-0.05, 0) is 61.0 Å². The number of amides is 1. The van der Waals surface area contributed by atoms with Crippen molar-refractivity contribution in [3.05, 3.63) is 90.0 Å². The fourth-order valence-corrected chi connectivity index (χ4v) is 3.11. The van der Waals surface area contributed by atoms with Crippen molar-refractivity contribution in [3.8, 4) is 11.5 Å². The lowest BCUT2D eigenvalue weighted by molar-refractivity contribution is -0.147. The normalized spacial score (nSPS) is 11.2. The molecule has 0 aliphatic rings. The largest absolute Gasteiger partial charge is 0.497 e. The second-order valence-corrected chi connectivity index (χ2v) is 7.57. The highest BCUT2D eigenvalue weighted by molar-refractivity contribution is 6.00. The van der Waals surface area contributed by atoms with Gasteiger partial charge in [0.2, 0.25) is 11.7 Å². The number of ether oxygens (including phenoxy) is 3. The van der Waals surface area contributed by atoms with Crippen molar-refractivity contribution >= 4 is 23.3 Å². The minimum absolute atomic E-state index is 0.0563. The molecule has 0 spiro atoms. The smallest absolute Gasteiger partial charge is 0.307 e. The number of methoxy groups -OCH3 is 1. The summed E-state index contributed by atoms with van der Waals surface area (Å²) in [6, 6.07) is 23.3. The van der Waals surface area contributed by atoms with Crippen molar-refractivity contribution in [1.29, 1.82) is 0 Å². The minimum Gasteiger partial charge on any atom is -0.497 e. The number of esters is 1. The molecular weight excluding hydrogens is 434 g/mol. The standard InChI is InChI=1S/C27H27NO6/c1-19(34-26(30)17-16-25(29)28-22-10-14-23(32-2)15-11-22)27(31)21-8-12-24(13-9-21)33-18-20-6-4-3-5-7-20/h3-15,19H,16-18H2,1-2H3,(H,28,29). The van der Waals surface area contributed by atoms with E-state index in [1.807, 2.05) is 30.3 Å². The van der Waals surface area contributed by atoms with Gasteiger partial charge in [-0.3, -0.25) is 14.4 Å². The molecule has 7 nitrogen and oxygen atoms in total. The average molecular weight is 462 g/mol. The van der Waals surface area contributed by atoms with Crippen LogP contribution >= 0.6 is 0 Å². The van der Waals surface area contributed by atoms with Gasteiger partial charge in [-0.1, -0.05) is 30.3 Å². The maximum Gasteiger partial charge on any atom is 0.307 e. The zero-order chi connectivity index (χ0) is 24.3. The molecule has 7 heteroatoms. The van der Waals surface area contributed by atoms with Gasteiger partial charge < -0.3 is 19.5 Å². The van der Waals surface area contributed by atoms with Crippen LogP contribution < -0.4 is 14.8 Å². The molecule has 0 saturated heterocycles. The number of hydrogen-bond acceptors (Lipinski definition) is 6. The van der Waals surface area contributed by atoms with E-state index in [0.717, 1.165) is 5.56 Å². The van der Waals surface area contributed by atoms with Gasteiger partial charge in [-0.15, -0.1) is 0 Å². The predicted molar refractivity (Wildman–Crippen MR) is 128 cm³/mol. The molecule has 0 saturated carbocycles. The molecule has 0 aromatic heterocycles. The van der Waals surface area contributed by atoms with Gasteiger partial charge in [-0.25, -0.2) is 0 Å². The molecule has 3 aromatic carbocycles. The molecule has 176 valence electrons. The Morgan fingerprint density at radius 2 is 1.47 bits per heavy atom. The van der Waals surface area contributed by atoms with E-state index in [1.165, 1.54) is 6.92 Å². The number of rotatable bonds is 11. The van der Waals surface area contributed by atoms with E-state index in [-0.39, 0.29) is 24.5 Å². The summed E-state index contributed by atoms with van der Waals surface area (Å²) in [6.07, 6.45) is -1.15. The molecule has 34 heavy (non-hydrogen) atoms. The monoisotopic (exact) mass is 461 g/mol. The van der Waals surface area contributed by atoms with Crippen LogP contribution in [0.25, 0.3) is 0 Å². The van der Waals surface area contributed by atoms with E-state index >= 15 is 0 Å². The van der Waals surface area contributed by atoms with Gasteiger partial charge in [0.1, 0.15) is 18.1 Å². The molecule has 1 unspecified atom stereocenters. The van der Waals surface area contributed by atoms with Crippen molar-refractivity contribution in [2.24, 2.45) is 0 Å². The molecule has 0 aliphatic carbocycles. The summed E-state index contributed by atoms with van der Waals surface area (Å²) in [7, 11) is 1.56. The Morgan fingerprint density at radius 3 is 2.12 bits per heavy atom. The lowest BCUT2D eigenvalue weighted by Crippen LogP contribution is -2.25. The van der Waals surface area contributed by atoms with Crippen LogP contribution in [0.4, 0.5) is 5.69 Å². The Labute approximate surface area is 198 Å². The van der Waals surface area contributed by atoms with E-state index in [4.69, 9.17) is 14.2 Å². The number of Topliss-reactive ketones (excluding diaryl/α,β-unsaturated/α-hetero) is 1. The molecule has 3 rings (SSSR count). The first kappa shape index (κ1) is 24.5. The van der Waals surface area contributed by atoms with Crippen LogP contribution in [0, 0.1) is 0 Å². The lowest BCUT2D eigenvalue weighted by atomic mass is 10.1. The van der Waals surface area contributed by atoms with Crippen LogP contribution in [-0.2, 0) is 20.9 Å². The first-order valence-electron chi connectivity index (χ1n) is 10.9. The quantitative estimate of drug-likeness (QED) is 0.326. The Kier molecular flexibility index (Phi) is 8.80. The summed E-state index contributed by atoms with van der Waals surface area (Å²) in [5.41, 5.74) is 2.05. The second kappa shape index (κ2) is 12.2. The predicted octanol–water partition coefficient (Wildman–Crippen LogP) is 4.81. The van der Waals surface area contributed by atoms with Gasteiger partial charge >= 0.3 is 5.97 Å². The van der Waals surface area contributed by atoms with Crippen LogP contribution in [0.5, 0.6) is 11.5 Å². The fourth-order valence-electron chi connectivity index (χ4n) is 3.11. The Morgan fingerprint density at radius 1 is 0.824 bits per heavy atom. The van der Waals surface area contributed by atoms with Crippen LogP contribution in [0.15, 0.2) is 78.9 Å². The number of anilines is 1. The molecule has 0 aliphatic heterocycles. The van der Waals surface area contributed by atoms with Crippen LogP contribution in [0.1, 0.15) is 35.7 Å². The van der Waals surface area contributed by atoms with Crippen LogP contribution in [-0.4, -0.2) is 30.9 Å². The third-order valence-corrected chi connectivity index (χ3v) is 4.99. The number of carbonyl (C=O) groups is 3. The van der Waals surface area contributed by atoms with E-state index in [0.29, 0.717) is 29.4 Å². The van der Waals surface area contributed by atoms with Crippen molar-refractivity contribution in [3.63, 3.8) is 0 Å². The van der Waals surface area contributed by atoms with Gasteiger partial charge in [0.25, 0.3) is 0 Å². The summed E-state index contributed by atoms with van der Waals surface area (Å²) in [5, 5.41) is 2.70. The van der Waals surface area contributed by atoms with Crippen molar-refractivity contribution in [1.82, 2.24) is 0 Å². The summed E-state index contributed by atoms with van der Waals surface area (Å²) >= 11 is 0. The number of carbonyl (C=O) groups excluding carboxylic acids is 3. The fraction of sp³-hybridized carbons (Fsp3) is 0.222. The number of ketones is 1. The first-order chi connectivity index (χ1) is 16.4. The average Bonchev–Trinajstić information content (AvgIpc) is 2.87. The van der Waals surface area contributed by atoms with E-state index in [9.17, 15) is 14.4 Å². The van der Waals surface area contributed by atoms with E-state index in [2.05, 4.69) is 5.32 Å². The SMILES string of the molecule is COc1ccc(NC(=O)CCC(=O)OC(C)C(=O)c2ccc(OCc3ccccc3)cc2)cc1. The topological polar surface area (TPSA) is 90.9 Å². The maximum absolute atomic E-state index is 12.6. The Hall–Kier alpha value is -4.13. The molecule has 0 radical (unpaired) electrons. The number of hydrogen-bond donors (Lipinski definition) is 1.